The van der Waals surface area contributed by atoms with Crippen molar-refractivity contribution < 1.29 is 9.47 Å². The zero-order chi connectivity index (χ0) is 22.9. The van der Waals surface area contributed by atoms with Gasteiger partial charge in [-0.15, -0.1) is 11.3 Å². The lowest BCUT2D eigenvalue weighted by molar-refractivity contribution is 0.171. The molecule has 0 atom stereocenters. The highest BCUT2D eigenvalue weighted by atomic mass is 32.1. The van der Waals surface area contributed by atoms with Crippen LogP contribution in [0.15, 0.2) is 79.0 Å². The van der Waals surface area contributed by atoms with Gasteiger partial charge in [-0.25, -0.2) is 9.67 Å². The summed E-state index contributed by atoms with van der Waals surface area (Å²) in [4.78, 5) is 4.67. The number of fused-ring (bicyclic) bond motifs is 2. The Morgan fingerprint density at radius 3 is 2.59 bits per heavy atom. The van der Waals surface area contributed by atoms with E-state index in [4.69, 9.17) is 14.6 Å². The fourth-order valence-electron chi connectivity index (χ4n) is 3.91. The largest absolute Gasteiger partial charge is 0.486 e. The SMILES string of the molecule is N#C/C(=C\c1cn(-c2ccccc2)nc1-c1ccc2c(c1)OCCO2)c1nc2ccccc2s1. The molecule has 3 heterocycles. The average Bonchev–Trinajstić information content (AvgIpc) is 3.52. The van der Waals surface area contributed by atoms with Crippen LogP contribution in [-0.2, 0) is 0 Å². The summed E-state index contributed by atoms with van der Waals surface area (Å²) in [7, 11) is 0. The zero-order valence-corrected chi connectivity index (χ0v) is 18.8. The van der Waals surface area contributed by atoms with E-state index in [1.807, 2.05) is 89.8 Å². The lowest BCUT2D eigenvalue weighted by atomic mass is 10.1. The predicted octanol–water partition coefficient (Wildman–Crippen LogP) is 5.98. The summed E-state index contributed by atoms with van der Waals surface area (Å²) in [5.41, 5.74) is 4.75. The van der Waals surface area contributed by atoms with Gasteiger partial charge in [0.05, 0.1) is 21.5 Å². The topological polar surface area (TPSA) is 73.0 Å². The van der Waals surface area contributed by atoms with E-state index in [-0.39, 0.29) is 0 Å². The van der Waals surface area contributed by atoms with Crippen LogP contribution in [0.4, 0.5) is 0 Å². The second-order valence-electron chi connectivity index (χ2n) is 7.73. The van der Waals surface area contributed by atoms with Crippen molar-refractivity contribution in [3.05, 3.63) is 89.6 Å². The van der Waals surface area contributed by atoms with E-state index in [1.54, 1.807) is 0 Å². The molecular formula is C27H18N4O2S. The molecule has 6 nitrogen and oxygen atoms in total. The normalized spacial score (nSPS) is 13.1. The molecule has 0 saturated carbocycles. The standard InChI is InChI=1S/C27H18N4O2S/c28-16-19(27-29-22-8-4-5-9-25(22)34-27)14-20-17-31(21-6-2-1-3-7-21)30-26(20)18-10-11-23-24(15-18)33-13-12-32-23/h1-11,14-15,17H,12-13H2/b19-14+. The summed E-state index contributed by atoms with van der Waals surface area (Å²) in [6.45, 7) is 1.05. The Hall–Kier alpha value is -4.41. The number of benzene rings is 3. The van der Waals surface area contributed by atoms with E-state index < -0.39 is 0 Å². The first-order chi connectivity index (χ1) is 16.8. The molecule has 1 aliphatic rings. The van der Waals surface area contributed by atoms with E-state index in [1.165, 1.54) is 11.3 Å². The number of allylic oxidation sites excluding steroid dienone is 1. The number of aromatic nitrogens is 3. The van der Waals surface area contributed by atoms with Gasteiger partial charge in [0.1, 0.15) is 30.0 Å². The van der Waals surface area contributed by atoms with Gasteiger partial charge in [0.2, 0.25) is 0 Å². The highest BCUT2D eigenvalue weighted by molar-refractivity contribution is 7.19. The summed E-state index contributed by atoms with van der Waals surface area (Å²) in [6, 6.07) is 25.9. The van der Waals surface area contributed by atoms with Crippen LogP contribution in [0.1, 0.15) is 10.6 Å². The maximum absolute atomic E-state index is 9.99. The van der Waals surface area contributed by atoms with Crippen molar-refractivity contribution in [2.24, 2.45) is 0 Å². The van der Waals surface area contributed by atoms with Crippen molar-refractivity contribution in [2.45, 2.75) is 0 Å². The van der Waals surface area contributed by atoms with Crippen LogP contribution in [0.25, 0.3) is 38.8 Å². The van der Waals surface area contributed by atoms with Crippen molar-refractivity contribution in [1.29, 1.82) is 5.26 Å². The molecule has 0 aliphatic carbocycles. The monoisotopic (exact) mass is 462 g/mol. The van der Waals surface area contributed by atoms with Gasteiger partial charge in [-0.2, -0.15) is 10.4 Å². The average molecular weight is 463 g/mol. The number of nitriles is 1. The highest BCUT2D eigenvalue weighted by Crippen LogP contribution is 2.36. The van der Waals surface area contributed by atoms with Crippen molar-refractivity contribution in [1.82, 2.24) is 14.8 Å². The minimum atomic E-state index is 0.493. The third-order valence-electron chi connectivity index (χ3n) is 5.52. The molecule has 0 radical (unpaired) electrons. The van der Waals surface area contributed by atoms with Crippen LogP contribution in [0.3, 0.4) is 0 Å². The third-order valence-corrected chi connectivity index (χ3v) is 6.59. The van der Waals surface area contributed by atoms with Crippen LogP contribution < -0.4 is 9.47 Å². The predicted molar refractivity (Wildman–Crippen MR) is 133 cm³/mol. The summed E-state index contributed by atoms with van der Waals surface area (Å²) < 4.78 is 14.3. The summed E-state index contributed by atoms with van der Waals surface area (Å²) in [5.74, 6) is 1.42. The van der Waals surface area contributed by atoms with Crippen molar-refractivity contribution in [3.63, 3.8) is 0 Å². The highest BCUT2D eigenvalue weighted by Gasteiger charge is 2.18. The molecule has 164 valence electrons. The van der Waals surface area contributed by atoms with E-state index in [9.17, 15) is 5.26 Å². The fourth-order valence-corrected chi connectivity index (χ4v) is 4.84. The van der Waals surface area contributed by atoms with E-state index >= 15 is 0 Å². The van der Waals surface area contributed by atoms with Gasteiger partial charge >= 0.3 is 0 Å². The Bertz CT molecular complexity index is 1540. The van der Waals surface area contributed by atoms with Crippen LogP contribution in [0.2, 0.25) is 0 Å². The van der Waals surface area contributed by atoms with Gasteiger partial charge in [-0.05, 0) is 48.5 Å². The van der Waals surface area contributed by atoms with Crippen molar-refractivity contribution in [3.8, 4) is 34.5 Å². The molecule has 3 aromatic carbocycles. The first-order valence-electron chi connectivity index (χ1n) is 10.8. The van der Waals surface area contributed by atoms with Gasteiger partial charge < -0.3 is 9.47 Å². The molecule has 0 bridgehead atoms. The van der Waals surface area contributed by atoms with E-state index in [2.05, 4.69) is 11.1 Å². The maximum Gasteiger partial charge on any atom is 0.162 e. The second-order valence-corrected chi connectivity index (χ2v) is 8.76. The molecular weight excluding hydrogens is 444 g/mol. The first kappa shape index (κ1) is 20.2. The molecule has 7 heteroatoms. The van der Waals surface area contributed by atoms with E-state index in [0.29, 0.717) is 29.5 Å². The molecule has 6 rings (SSSR count). The van der Waals surface area contributed by atoms with Crippen LogP contribution in [0.5, 0.6) is 11.5 Å². The number of hydrogen-bond acceptors (Lipinski definition) is 6. The zero-order valence-electron chi connectivity index (χ0n) is 18.0. The molecule has 5 aromatic rings. The van der Waals surface area contributed by atoms with Crippen molar-refractivity contribution >= 4 is 33.2 Å². The number of para-hydroxylation sites is 2. The number of hydrogen-bond donors (Lipinski definition) is 0. The Morgan fingerprint density at radius 2 is 1.76 bits per heavy atom. The molecule has 0 unspecified atom stereocenters. The summed E-state index contributed by atoms with van der Waals surface area (Å²) >= 11 is 1.51. The number of ether oxygens (including phenoxy) is 2. The van der Waals surface area contributed by atoms with Gasteiger partial charge in [0.25, 0.3) is 0 Å². The number of nitrogens with zero attached hydrogens (tertiary/aromatic N) is 4. The van der Waals surface area contributed by atoms with Crippen LogP contribution in [0, 0.1) is 11.3 Å². The third kappa shape index (κ3) is 3.70. The van der Waals surface area contributed by atoms with Gasteiger partial charge in [0.15, 0.2) is 11.5 Å². The minimum absolute atomic E-state index is 0.493. The molecule has 34 heavy (non-hydrogen) atoms. The smallest absolute Gasteiger partial charge is 0.162 e. The van der Waals surface area contributed by atoms with Gasteiger partial charge in [0, 0.05) is 17.3 Å². The molecule has 0 spiro atoms. The Morgan fingerprint density at radius 1 is 0.971 bits per heavy atom. The molecule has 1 aliphatic heterocycles. The minimum Gasteiger partial charge on any atom is -0.486 e. The molecule has 0 saturated heterocycles. The summed E-state index contributed by atoms with van der Waals surface area (Å²) in [5, 5.41) is 15.6. The second kappa shape index (κ2) is 8.50. The van der Waals surface area contributed by atoms with Gasteiger partial charge in [-0.1, -0.05) is 30.3 Å². The lowest BCUT2D eigenvalue weighted by Crippen LogP contribution is -2.15. The Balaban J connectivity index is 1.50. The molecule has 0 amide bonds. The van der Waals surface area contributed by atoms with Crippen LogP contribution in [-0.4, -0.2) is 28.0 Å². The number of thiazole rings is 1. The Kier molecular flexibility index (Phi) is 5.06. The van der Waals surface area contributed by atoms with E-state index in [0.717, 1.165) is 38.5 Å². The van der Waals surface area contributed by atoms with Crippen molar-refractivity contribution in [2.75, 3.05) is 13.2 Å². The maximum atomic E-state index is 9.99. The van der Waals surface area contributed by atoms with Gasteiger partial charge in [-0.3, -0.25) is 0 Å². The quantitative estimate of drug-likeness (QED) is 0.307. The molecule has 0 N–H and O–H groups in total. The Labute approximate surface area is 200 Å². The molecule has 2 aromatic heterocycles. The molecule has 0 fully saturated rings. The lowest BCUT2D eigenvalue weighted by Gasteiger charge is -2.18. The first-order valence-corrected chi connectivity index (χ1v) is 11.6. The number of rotatable bonds is 4. The fraction of sp³-hybridized carbons (Fsp3) is 0.0741. The summed E-state index contributed by atoms with van der Waals surface area (Å²) in [6.07, 6.45) is 3.79. The van der Waals surface area contributed by atoms with Crippen LogP contribution >= 0.6 is 11.3 Å².